The minimum Gasteiger partial charge on any atom is -0.356 e. The fraction of sp³-hybridized carbons (Fsp3) is 0.600. The van der Waals surface area contributed by atoms with Crippen LogP contribution in [0, 0.1) is 5.92 Å². The molecule has 2 heterocycles. The topological polar surface area (TPSA) is 47.9 Å². The molecule has 26 heavy (non-hydrogen) atoms. The van der Waals surface area contributed by atoms with Crippen molar-refractivity contribution in [2.45, 2.75) is 45.7 Å². The second kappa shape index (κ2) is 10.1. The number of halogens is 1. The fourth-order valence-corrected chi connectivity index (χ4v) is 3.66. The van der Waals surface area contributed by atoms with Gasteiger partial charge in [0.25, 0.3) is 0 Å². The van der Waals surface area contributed by atoms with Gasteiger partial charge in [-0.3, -0.25) is 9.79 Å². The second-order valence-corrected chi connectivity index (χ2v) is 7.27. The lowest BCUT2D eigenvalue weighted by Gasteiger charge is -2.32. The van der Waals surface area contributed by atoms with Crippen LogP contribution < -0.4 is 5.32 Å². The number of aliphatic imine (C=N–C) groups is 1. The van der Waals surface area contributed by atoms with Crippen LogP contribution in [0.3, 0.4) is 0 Å². The van der Waals surface area contributed by atoms with Gasteiger partial charge >= 0.3 is 0 Å². The van der Waals surface area contributed by atoms with Crippen molar-refractivity contribution < 1.29 is 4.79 Å². The van der Waals surface area contributed by atoms with Gasteiger partial charge in [0.2, 0.25) is 5.91 Å². The minimum absolute atomic E-state index is 0. The van der Waals surface area contributed by atoms with Gasteiger partial charge in [-0.2, -0.15) is 0 Å². The lowest BCUT2D eigenvalue weighted by Crippen LogP contribution is -2.45. The van der Waals surface area contributed by atoms with E-state index in [-0.39, 0.29) is 29.9 Å². The molecule has 1 fully saturated rings. The van der Waals surface area contributed by atoms with Crippen molar-refractivity contribution in [1.82, 2.24) is 15.1 Å². The molecule has 1 amide bonds. The van der Waals surface area contributed by atoms with Crippen molar-refractivity contribution in [3.63, 3.8) is 0 Å². The molecule has 1 aromatic rings. The van der Waals surface area contributed by atoms with E-state index in [1.54, 1.807) is 0 Å². The number of carbonyl (C=O) groups excluding carboxylic acids is 1. The van der Waals surface area contributed by atoms with Crippen molar-refractivity contribution in [1.29, 1.82) is 0 Å². The number of piperidine rings is 1. The van der Waals surface area contributed by atoms with Crippen LogP contribution in [0.1, 0.15) is 43.7 Å². The number of carbonyl (C=O) groups is 1. The van der Waals surface area contributed by atoms with E-state index in [1.165, 1.54) is 24.0 Å². The van der Waals surface area contributed by atoms with Crippen molar-refractivity contribution in [2.24, 2.45) is 10.9 Å². The Morgan fingerprint density at radius 2 is 1.77 bits per heavy atom. The molecular formula is C20H31IN4O. The highest BCUT2D eigenvalue weighted by molar-refractivity contribution is 14.0. The molecule has 2 aliphatic rings. The van der Waals surface area contributed by atoms with Crippen LogP contribution in [-0.4, -0.2) is 48.3 Å². The number of amides is 1. The van der Waals surface area contributed by atoms with Gasteiger partial charge in [0, 0.05) is 46.2 Å². The van der Waals surface area contributed by atoms with Gasteiger partial charge in [-0.05, 0) is 36.3 Å². The number of fused-ring (bicyclic) bond motifs is 1. The summed E-state index contributed by atoms with van der Waals surface area (Å²) in [5.41, 5.74) is 2.57. The maximum Gasteiger partial charge on any atom is 0.223 e. The molecule has 0 aliphatic carbocycles. The highest BCUT2D eigenvalue weighted by Gasteiger charge is 2.22. The van der Waals surface area contributed by atoms with E-state index in [2.05, 4.69) is 34.3 Å². The molecule has 6 heteroatoms. The maximum atomic E-state index is 12.4. The summed E-state index contributed by atoms with van der Waals surface area (Å²) in [5, 5.41) is 3.42. The normalized spacial score (nSPS) is 17.7. The largest absolute Gasteiger partial charge is 0.356 e. The van der Waals surface area contributed by atoms with Crippen LogP contribution in [0.15, 0.2) is 29.3 Å². The predicted molar refractivity (Wildman–Crippen MR) is 117 cm³/mol. The summed E-state index contributed by atoms with van der Waals surface area (Å²) in [5.74, 6) is 2.05. The Labute approximate surface area is 174 Å². The zero-order valence-corrected chi connectivity index (χ0v) is 18.2. The summed E-state index contributed by atoms with van der Waals surface area (Å²) in [6.45, 7) is 6.78. The van der Waals surface area contributed by atoms with E-state index in [1.807, 2.05) is 24.1 Å². The molecule has 0 aromatic heterocycles. The number of nitrogens with zero attached hydrogens (tertiary/aromatic N) is 3. The number of guanidine groups is 1. The van der Waals surface area contributed by atoms with Gasteiger partial charge in [0.15, 0.2) is 5.96 Å². The van der Waals surface area contributed by atoms with Crippen molar-refractivity contribution in [3.8, 4) is 0 Å². The second-order valence-electron chi connectivity index (χ2n) is 7.27. The highest BCUT2D eigenvalue weighted by Crippen LogP contribution is 2.22. The Kier molecular flexibility index (Phi) is 8.18. The van der Waals surface area contributed by atoms with E-state index in [4.69, 9.17) is 0 Å². The van der Waals surface area contributed by atoms with Crippen molar-refractivity contribution in [2.75, 3.05) is 26.7 Å². The lowest BCUT2D eigenvalue weighted by molar-refractivity contribution is -0.131. The van der Waals surface area contributed by atoms with E-state index in [0.717, 1.165) is 51.0 Å². The summed E-state index contributed by atoms with van der Waals surface area (Å²) in [7, 11) is 1.84. The average molecular weight is 470 g/mol. The number of nitrogens with one attached hydrogen (secondary N) is 1. The number of hydrogen-bond donors (Lipinski definition) is 1. The molecule has 0 radical (unpaired) electrons. The Morgan fingerprint density at radius 3 is 2.35 bits per heavy atom. The van der Waals surface area contributed by atoms with Gasteiger partial charge in [0.05, 0.1) is 0 Å². The molecule has 144 valence electrons. The third-order valence-corrected chi connectivity index (χ3v) is 5.34. The zero-order chi connectivity index (χ0) is 17.6. The van der Waals surface area contributed by atoms with Gasteiger partial charge in [0.1, 0.15) is 0 Å². The van der Waals surface area contributed by atoms with Crippen LogP contribution in [0.25, 0.3) is 0 Å². The third-order valence-electron chi connectivity index (χ3n) is 5.34. The van der Waals surface area contributed by atoms with Crippen LogP contribution in [-0.2, 0) is 17.9 Å². The fourth-order valence-electron chi connectivity index (χ4n) is 3.66. The quantitative estimate of drug-likeness (QED) is 0.318. The van der Waals surface area contributed by atoms with E-state index < -0.39 is 0 Å². The first-order chi connectivity index (χ1) is 12.2. The molecule has 1 N–H and O–H groups in total. The molecule has 5 nitrogen and oxygen atoms in total. The molecule has 1 saturated heterocycles. The van der Waals surface area contributed by atoms with Gasteiger partial charge in [-0.15, -0.1) is 24.0 Å². The van der Waals surface area contributed by atoms with Crippen LogP contribution in [0.5, 0.6) is 0 Å². The minimum atomic E-state index is 0. The van der Waals surface area contributed by atoms with E-state index >= 15 is 0 Å². The monoisotopic (exact) mass is 470 g/mol. The average Bonchev–Trinajstić information content (AvgIpc) is 3.07. The first-order valence-corrected chi connectivity index (χ1v) is 9.47. The molecule has 1 aromatic carbocycles. The standard InChI is InChI=1S/C20H30N4O.HI/c1-16-9-12-23(13-10-16)20(21-2)22-11-5-8-19(25)24-14-17-6-3-4-7-18(17)15-24;/h3-4,6-7,16H,5,8-15H2,1-2H3,(H,21,22);1H. The lowest BCUT2D eigenvalue weighted by atomic mass is 10.00. The Bertz CT molecular complexity index is 601. The summed E-state index contributed by atoms with van der Waals surface area (Å²) < 4.78 is 0. The Morgan fingerprint density at radius 1 is 1.15 bits per heavy atom. The summed E-state index contributed by atoms with van der Waals surface area (Å²) in [4.78, 5) is 21.1. The third kappa shape index (κ3) is 5.34. The zero-order valence-electron chi connectivity index (χ0n) is 15.9. The predicted octanol–water partition coefficient (Wildman–Crippen LogP) is 3.23. The molecule has 2 aliphatic heterocycles. The van der Waals surface area contributed by atoms with Gasteiger partial charge in [-0.25, -0.2) is 0 Å². The summed E-state index contributed by atoms with van der Waals surface area (Å²) in [6, 6.07) is 8.33. The van der Waals surface area contributed by atoms with Crippen LogP contribution in [0.2, 0.25) is 0 Å². The molecule has 0 saturated carbocycles. The SMILES string of the molecule is CN=C(NCCCC(=O)N1Cc2ccccc2C1)N1CCC(C)CC1.I. The Hall–Kier alpha value is -1.31. The van der Waals surface area contributed by atoms with E-state index in [0.29, 0.717) is 6.42 Å². The van der Waals surface area contributed by atoms with E-state index in [9.17, 15) is 4.79 Å². The maximum absolute atomic E-state index is 12.4. The number of hydrogen-bond acceptors (Lipinski definition) is 2. The molecule has 0 bridgehead atoms. The van der Waals surface area contributed by atoms with Crippen LogP contribution in [0.4, 0.5) is 0 Å². The molecular weight excluding hydrogens is 439 g/mol. The number of likely N-dealkylation sites (tertiary alicyclic amines) is 1. The molecule has 0 atom stereocenters. The Balaban J connectivity index is 0.00000243. The van der Waals surface area contributed by atoms with Crippen LogP contribution >= 0.6 is 24.0 Å². The molecule has 0 spiro atoms. The highest BCUT2D eigenvalue weighted by atomic mass is 127. The summed E-state index contributed by atoms with van der Waals surface area (Å²) in [6.07, 6.45) is 3.90. The van der Waals surface area contributed by atoms with Crippen molar-refractivity contribution in [3.05, 3.63) is 35.4 Å². The first-order valence-electron chi connectivity index (χ1n) is 9.47. The smallest absolute Gasteiger partial charge is 0.223 e. The molecule has 0 unspecified atom stereocenters. The first kappa shape index (κ1) is 21.0. The number of rotatable bonds is 4. The van der Waals surface area contributed by atoms with Crippen molar-refractivity contribution >= 4 is 35.8 Å². The number of benzene rings is 1. The summed E-state index contributed by atoms with van der Waals surface area (Å²) >= 11 is 0. The molecule has 3 rings (SSSR count). The van der Waals surface area contributed by atoms with Gasteiger partial charge < -0.3 is 15.1 Å². The van der Waals surface area contributed by atoms with Gasteiger partial charge in [-0.1, -0.05) is 31.2 Å².